The number of nitrogens with zero attached hydrogens (tertiary/aromatic N) is 5. The fourth-order valence-corrected chi connectivity index (χ4v) is 4.53. The SMILES string of the molecule is COCc1c(C(=O)N2CCN(CC=Cc3ccccc3)CC2)cnc2cc(-c3ccc(Cl)cc3)nn12. The molecule has 36 heavy (non-hydrogen) atoms. The first-order chi connectivity index (χ1) is 17.6. The van der Waals surface area contributed by atoms with Gasteiger partial charge in [0.15, 0.2) is 5.65 Å². The number of ether oxygens (including phenoxy) is 1. The van der Waals surface area contributed by atoms with Crippen molar-refractivity contribution in [1.82, 2.24) is 24.4 Å². The number of hydrogen-bond acceptors (Lipinski definition) is 5. The van der Waals surface area contributed by atoms with E-state index in [2.05, 4.69) is 34.2 Å². The lowest BCUT2D eigenvalue weighted by atomic mass is 10.1. The molecule has 0 spiro atoms. The summed E-state index contributed by atoms with van der Waals surface area (Å²) in [5, 5.41) is 5.40. The summed E-state index contributed by atoms with van der Waals surface area (Å²) < 4.78 is 7.16. The molecule has 0 saturated carbocycles. The lowest BCUT2D eigenvalue weighted by Gasteiger charge is -2.34. The van der Waals surface area contributed by atoms with E-state index in [1.807, 2.05) is 53.4 Å². The molecular weight excluding hydrogens is 474 g/mol. The molecule has 2 aromatic heterocycles. The van der Waals surface area contributed by atoms with E-state index in [1.165, 1.54) is 5.56 Å². The van der Waals surface area contributed by atoms with E-state index < -0.39 is 0 Å². The highest BCUT2D eigenvalue weighted by molar-refractivity contribution is 6.30. The van der Waals surface area contributed by atoms with Crippen LogP contribution in [0.3, 0.4) is 0 Å². The second kappa shape index (κ2) is 11.0. The molecule has 7 nitrogen and oxygen atoms in total. The molecular formula is C28H28ClN5O2. The number of benzene rings is 2. The van der Waals surface area contributed by atoms with Gasteiger partial charge in [0.1, 0.15) is 0 Å². The van der Waals surface area contributed by atoms with Crippen molar-refractivity contribution in [3.8, 4) is 11.3 Å². The van der Waals surface area contributed by atoms with Crippen LogP contribution in [0.1, 0.15) is 21.6 Å². The maximum Gasteiger partial charge on any atom is 0.257 e. The number of amides is 1. The molecule has 2 aromatic carbocycles. The predicted octanol–water partition coefficient (Wildman–Crippen LogP) is 4.67. The molecule has 4 aromatic rings. The van der Waals surface area contributed by atoms with Crippen molar-refractivity contribution in [1.29, 1.82) is 0 Å². The molecule has 0 radical (unpaired) electrons. The smallest absolute Gasteiger partial charge is 0.257 e. The fraction of sp³-hybridized carbons (Fsp3) is 0.250. The molecule has 0 atom stereocenters. The molecule has 3 heterocycles. The highest BCUT2D eigenvalue weighted by Crippen LogP contribution is 2.23. The first-order valence-electron chi connectivity index (χ1n) is 12.0. The summed E-state index contributed by atoms with van der Waals surface area (Å²) in [4.78, 5) is 22.3. The van der Waals surface area contributed by atoms with Crippen molar-refractivity contribution < 1.29 is 9.53 Å². The minimum Gasteiger partial charge on any atom is -0.378 e. The number of piperazine rings is 1. The minimum atomic E-state index is -0.0422. The summed E-state index contributed by atoms with van der Waals surface area (Å²) in [5.41, 5.74) is 4.77. The minimum absolute atomic E-state index is 0.0422. The largest absolute Gasteiger partial charge is 0.378 e. The van der Waals surface area contributed by atoms with Crippen LogP contribution in [0.2, 0.25) is 5.02 Å². The lowest BCUT2D eigenvalue weighted by Crippen LogP contribution is -2.48. The van der Waals surface area contributed by atoms with Crippen molar-refractivity contribution >= 4 is 29.2 Å². The number of methoxy groups -OCH3 is 1. The van der Waals surface area contributed by atoms with Crippen molar-refractivity contribution in [2.24, 2.45) is 0 Å². The summed E-state index contributed by atoms with van der Waals surface area (Å²) in [6, 6.07) is 19.7. The van der Waals surface area contributed by atoms with Crippen LogP contribution in [0.4, 0.5) is 0 Å². The molecule has 0 N–H and O–H groups in total. The van der Waals surface area contributed by atoms with Crippen LogP contribution in [0, 0.1) is 0 Å². The van der Waals surface area contributed by atoms with E-state index in [0.29, 0.717) is 35.0 Å². The Labute approximate surface area is 215 Å². The molecule has 0 bridgehead atoms. The summed E-state index contributed by atoms with van der Waals surface area (Å²) in [7, 11) is 1.62. The zero-order chi connectivity index (χ0) is 24.9. The van der Waals surface area contributed by atoms with Gasteiger partial charge in [-0.15, -0.1) is 0 Å². The molecule has 0 aliphatic carbocycles. The monoisotopic (exact) mass is 501 g/mol. The van der Waals surface area contributed by atoms with Gasteiger partial charge in [0.2, 0.25) is 0 Å². The van der Waals surface area contributed by atoms with Crippen LogP contribution in [-0.4, -0.2) is 70.1 Å². The molecule has 1 amide bonds. The quantitative estimate of drug-likeness (QED) is 0.368. The molecule has 1 aliphatic rings. The van der Waals surface area contributed by atoms with Crippen molar-refractivity contribution in [3.05, 3.63) is 94.8 Å². The van der Waals surface area contributed by atoms with Crippen molar-refractivity contribution in [3.63, 3.8) is 0 Å². The summed E-state index contributed by atoms with van der Waals surface area (Å²) in [6.45, 7) is 4.09. The first kappa shape index (κ1) is 24.2. The standard InChI is InChI=1S/C28H28ClN5O2/c1-36-20-26-24(19-30-27-18-25(31-34(26)27)22-9-11-23(29)12-10-22)28(35)33-16-14-32(15-17-33)13-5-8-21-6-3-2-4-7-21/h2-12,18-19H,13-17,20H2,1H3. The van der Waals surface area contributed by atoms with E-state index >= 15 is 0 Å². The Balaban J connectivity index is 1.30. The zero-order valence-corrected chi connectivity index (χ0v) is 20.9. The van der Waals surface area contributed by atoms with Gasteiger partial charge in [-0.2, -0.15) is 5.10 Å². The molecule has 1 fully saturated rings. The van der Waals surface area contributed by atoms with Gasteiger partial charge >= 0.3 is 0 Å². The maximum absolute atomic E-state index is 13.5. The van der Waals surface area contributed by atoms with E-state index in [0.717, 1.165) is 30.9 Å². The number of carbonyl (C=O) groups is 1. The molecule has 184 valence electrons. The number of fused-ring (bicyclic) bond motifs is 1. The van der Waals surface area contributed by atoms with Gasteiger partial charge < -0.3 is 9.64 Å². The average Bonchev–Trinajstić information content (AvgIpc) is 3.35. The molecule has 1 saturated heterocycles. The molecule has 1 aliphatic heterocycles. The molecule has 8 heteroatoms. The first-order valence-corrected chi connectivity index (χ1v) is 12.4. The molecule has 0 unspecified atom stereocenters. The summed E-state index contributed by atoms with van der Waals surface area (Å²) in [6.07, 6.45) is 5.96. The number of halogens is 1. The van der Waals surface area contributed by atoms with Gasteiger partial charge in [-0.05, 0) is 17.7 Å². The highest BCUT2D eigenvalue weighted by Gasteiger charge is 2.25. The number of rotatable bonds is 7. The van der Waals surface area contributed by atoms with Gasteiger partial charge in [-0.25, -0.2) is 9.50 Å². The van der Waals surface area contributed by atoms with Crippen LogP contribution in [0.15, 0.2) is 72.9 Å². The van der Waals surface area contributed by atoms with Crippen LogP contribution < -0.4 is 0 Å². The Kier molecular flexibility index (Phi) is 7.41. The maximum atomic E-state index is 13.5. The fourth-order valence-electron chi connectivity index (χ4n) is 4.40. The van der Waals surface area contributed by atoms with Gasteiger partial charge in [-0.1, -0.05) is 66.2 Å². The van der Waals surface area contributed by atoms with Gasteiger partial charge in [0.25, 0.3) is 5.91 Å². The predicted molar refractivity (Wildman–Crippen MR) is 142 cm³/mol. The van der Waals surface area contributed by atoms with E-state index in [4.69, 9.17) is 21.4 Å². The normalized spacial score (nSPS) is 14.7. The Morgan fingerprint density at radius 1 is 1.06 bits per heavy atom. The third kappa shape index (κ3) is 5.33. The highest BCUT2D eigenvalue weighted by atomic mass is 35.5. The Hall–Kier alpha value is -3.52. The number of carbonyl (C=O) groups excluding carboxylic acids is 1. The van der Waals surface area contributed by atoms with E-state index in [-0.39, 0.29) is 12.5 Å². The third-order valence-corrected chi connectivity index (χ3v) is 6.62. The topological polar surface area (TPSA) is 63.0 Å². The third-order valence-electron chi connectivity index (χ3n) is 6.37. The van der Waals surface area contributed by atoms with Gasteiger partial charge in [-0.3, -0.25) is 9.69 Å². The lowest BCUT2D eigenvalue weighted by molar-refractivity contribution is 0.0644. The second-order valence-electron chi connectivity index (χ2n) is 8.76. The summed E-state index contributed by atoms with van der Waals surface area (Å²) >= 11 is 6.03. The van der Waals surface area contributed by atoms with Crippen LogP contribution in [0.25, 0.3) is 23.0 Å². The Bertz CT molecular complexity index is 1360. The van der Waals surface area contributed by atoms with Crippen molar-refractivity contribution in [2.45, 2.75) is 6.61 Å². The Morgan fingerprint density at radius 2 is 1.81 bits per heavy atom. The average molecular weight is 502 g/mol. The van der Waals surface area contributed by atoms with Crippen molar-refractivity contribution in [2.75, 3.05) is 39.8 Å². The number of aromatic nitrogens is 3. The number of hydrogen-bond donors (Lipinski definition) is 0. The second-order valence-corrected chi connectivity index (χ2v) is 9.20. The van der Waals surface area contributed by atoms with E-state index in [9.17, 15) is 4.79 Å². The Morgan fingerprint density at radius 3 is 2.53 bits per heavy atom. The zero-order valence-electron chi connectivity index (χ0n) is 20.2. The van der Waals surface area contributed by atoms with Crippen LogP contribution >= 0.6 is 11.6 Å². The van der Waals surface area contributed by atoms with Gasteiger partial charge in [0.05, 0.1) is 23.6 Å². The summed E-state index contributed by atoms with van der Waals surface area (Å²) in [5.74, 6) is -0.0422. The van der Waals surface area contributed by atoms with Crippen LogP contribution in [0.5, 0.6) is 0 Å². The van der Waals surface area contributed by atoms with E-state index in [1.54, 1.807) is 17.8 Å². The van der Waals surface area contributed by atoms with Crippen LogP contribution in [-0.2, 0) is 11.3 Å². The molecule has 5 rings (SSSR count). The van der Waals surface area contributed by atoms with Gasteiger partial charge in [0, 0.05) is 62.7 Å².